The topological polar surface area (TPSA) is 53.5 Å². The van der Waals surface area contributed by atoms with Gasteiger partial charge in [0, 0.05) is 5.54 Å². The Morgan fingerprint density at radius 1 is 1.05 bits per heavy atom. The number of hydrogen-bond donors (Lipinski definition) is 2. The van der Waals surface area contributed by atoms with Gasteiger partial charge in [-0.2, -0.15) is 0 Å². The Morgan fingerprint density at radius 2 is 1.62 bits per heavy atom. The molecule has 0 aliphatic heterocycles. The summed E-state index contributed by atoms with van der Waals surface area (Å²) in [4.78, 5) is 16.7. The molecule has 116 valence electrons. The molecule has 1 aromatic carbocycles. The molecule has 0 radical (unpaired) electrons. The van der Waals surface area contributed by atoms with Gasteiger partial charge in [-0.1, -0.05) is 30.3 Å². The van der Waals surface area contributed by atoms with E-state index in [1.807, 2.05) is 71.9 Å². The van der Waals surface area contributed by atoms with Gasteiger partial charge in [-0.25, -0.2) is 4.99 Å². The third-order valence-corrected chi connectivity index (χ3v) is 2.41. The number of guanidine groups is 1. The minimum absolute atomic E-state index is 0.0686. The van der Waals surface area contributed by atoms with Crippen molar-refractivity contribution in [3.8, 4) is 0 Å². The van der Waals surface area contributed by atoms with Gasteiger partial charge in [0.1, 0.15) is 0 Å². The van der Waals surface area contributed by atoms with Crippen LogP contribution >= 0.6 is 0 Å². The number of carbonyl (C=O) groups is 1. The average Bonchev–Trinajstić information content (AvgIpc) is 2.24. The second kappa shape index (κ2) is 6.74. The van der Waals surface area contributed by atoms with E-state index in [4.69, 9.17) is 0 Å². The summed E-state index contributed by atoms with van der Waals surface area (Å²) < 4.78 is 0. The normalized spacial score (nSPS) is 13.0. The summed E-state index contributed by atoms with van der Waals surface area (Å²) in [7, 11) is 0. The summed E-state index contributed by atoms with van der Waals surface area (Å²) in [5.41, 5.74) is 0.568. The predicted molar refractivity (Wildman–Crippen MR) is 88.4 cm³/mol. The lowest BCUT2D eigenvalue weighted by Gasteiger charge is -2.26. The highest BCUT2D eigenvalue weighted by Gasteiger charge is 2.17. The molecule has 0 spiro atoms. The Bertz CT molecular complexity index is 493. The molecule has 0 fully saturated rings. The molecule has 21 heavy (non-hydrogen) atoms. The zero-order valence-electron chi connectivity index (χ0n) is 13.9. The number of benzene rings is 1. The third kappa shape index (κ3) is 8.12. The van der Waals surface area contributed by atoms with Crippen molar-refractivity contribution in [2.75, 3.05) is 0 Å². The van der Waals surface area contributed by atoms with Crippen LogP contribution in [0.1, 0.15) is 47.1 Å². The number of nitrogens with zero attached hydrogens (tertiary/aromatic N) is 1. The second-order valence-electron chi connectivity index (χ2n) is 7.22. The molecule has 0 atom stereocenters. The Balaban J connectivity index is 2.77. The van der Waals surface area contributed by atoms with Crippen LogP contribution in [0, 0.1) is 0 Å². The molecule has 0 saturated heterocycles. The molecule has 1 amide bonds. The monoisotopic (exact) mass is 289 g/mol. The minimum Gasteiger partial charge on any atom is -0.351 e. The molecule has 0 unspecified atom stereocenters. The Labute approximate surface area is 128 Å². The van der Waals surface area contributed by atoms with Crippen molar-refractivity contribution in [2.24, 2.45) is 4.99 Å². The smallest absolute Gasteiger partial charge is 0.231 e. The van der Waals surface area contributed by atoms with Gasteiger partial charge in [0.2, 0.25) is 5.91 Å². The van der Waals surface area contributed by atoms with Gasteiger partial charge in [0.25, 0.3) is 0 Å². The van der Waals surface area contributed by atoms with Crippen LogP contribution in [0.2, 0.25) is 0 Å². The number of nitrogens with one attached hydrogen (secondary N) is 2. The van der Waals surface area contributed by atoms with Crippen LogP contribution in [-0.4, -0.2) is 22.9 Å². The number of rotatable bonds is 2. The van der Waals surface area contributed by atoms with E-state index in [-0.39, 0.29) is 17.0 Å². The highest BCUT2D eigenvalue weighted by atomic mass is 16.1. The van der Waals surface area contributed by atoms with Crippen LogP contribution in [0.15, 0.2) is 35.3 Å². The number of amides is 1. The van der Waals surface area contributed by atoms with Gasteiger partial charge in [0.05, 0.1) is 12.0 Å². The van der Waals surface area contributed by atoms with Crippen molar-refractivity contribution in [3.05, 3.63) is 35.9 Å². The van der Waals surface area contributed by atoms with Gasteiger partial charge in [-0.3, -0.25) is 10.1 Å². The Kier molecular flexibility index (Phi) is 5.53. The zero-order chi connectivity index (χ0) is 16.1. The van der Waals surface area contributed by atoms with Gasteiger partial charge >= 0.3 is 0 Å². The summed E-state index contributed by atoms with van der Waals surface area (Å²) in [5.74, 6) is 0.455. The first-order valence-electron chi connectivity index (χ1n) is 7.27. The quantitative estimate of drug-likeness (QED) is 0.650. The fourth-order valence-electron chi connectivity index (χ4n) is 1.74. The van der Waals surface area contributed by atoms with Crippen LogP contribution in [0.5, 0.6) is 0 Å². The molecule has 2 N–H and O–H groups in total. The van der Waals surface area contributed by atoms with Crippen LogP contribution in [-0.2, 0) is 11.2 Å². The molecule has 4 nitrogen and oxygen atoms in total. The van der Waals surface area contributed by atoms with E-state index in [9.17, 15) is 4.79 Å². The molecule has 0 aliphatic rings. The fourth-order valence-corrected chi connectivity index (χ4v) is 1.74. The van der Waals surface area contributed by atoms with E-state index in [1.165, 1.54) is 0 Å². The average molecular weight is 289 g/mol. The van der Waals surface area contributed by atoms with Crippen LogP contribution in [0.3, 0.4) is 0 Å². The lowest BCUT2D eigenvalue weighted by Crippen LogP contribution is -2.50. The molecule has 0 saturated carbocycles. The second-order valence-corrected chi connectivity index (χ2v) is 7.22. The Morgan fingerprint density at radius 3 is 2.10 bits per heavy atom. The first kappa shape index (κ1) is 17.2. The molecule has 4 heteroatoms. The van der Waals surface area contributed by atoms with Gasteiger partial charge < -0.3 is 5.32 Å². The van der Waals surface area contributed by atoms with Crippen molar-refractivity contribution in [2.45, 2.75) is 59.0 Å². The molecular formula is C17H27N3O. The maximum Gasteiger partial charge on any atom is 0.231 e. The number of aliphatic imine (C=N–C) groups is 1. The summed E-state index contributed by atoms with van der Waals surface area (Å²) in [5, 5.41) is 6.13. The van der Waals surface area contributed by atoms with Crippen molar-refractivity contribution < 1.29 is 4.79 Å². The van der Waals surface area contributed by atoms with E-state index < -0.39 is 0 Å². The minimum atomic E-state index is -0.256. The third-order valence-electron chi connectivity index (χ3n) is 2.41. The van der Waals surface area contributed by atoms with E-state index in [2.05, 4.69) is 15.6 Å². The summed E-state index contributed by atoms with van der Waals surface area (Å²) in [6, 6.07) is 9.68. The highest BCUT2D eigenvalue weighted by Crippen LogP contribution is 2.07. The predicted octanol–water partition coefficient (Wildman–Crippen LogP) is 2.89. The highest BCUT2D eigenvalue weighted by molar-refractivity contribution is 5.98. The van der Waals surface area contributed by atoms with Crippen LogP contribution in [0.25, 0.3) is 0 Å². The zero-order valence-corrected chi connectivity index (χ0v) is 13.9. The number of hydrogen-bond acceptors (Lipinski definition) is 2. The first-order chi connectivity index (χ1) is 9.55. The largest absolute Gasteiger partial charge is 0.351 e. The Hall–Kier alpha value is -1.84. The lowest BCUT2D eigenvalue weighted by atomic mass is 10.1. The molecular weight excluding hydrogens is 262 g/mol. The molecule has 0 bridgehead atoms. The summed E-state index contributed by atoms with van der Waals surface area (Å²) in [6.07, 6.45) is 0.343. The van der Waals surface area contributed by atoms with Crippen molar-refractivity contribution in [1.82, 2.24) is 10.6 Å². The van der Waals surface area contributed by atoms with E-state index >= 15 is 0 Å². The van der Waals surface area contributed by atoms with Crippen molar-refractivity contribution in [1.29, 1.82) is 0 Å². The number of carbonyl (C=O) groups excluding carboxylic acids is 1. The first-order valence-corrected chi connectivity index (χ1v) is 7.27. The molecule has 1 aromatic rings. The fraction of sp³-hybridized carbons (Fsp3) is 0.529. The molecule has 0 aliphatic carbocycles. The van der Waals surface area contributed by atoms with Gasteiger partial charge in [-0.15, -0.1) is 0 Å². The summed E-state index contributed by atoms with van der Waals surface area (Å²) >= 11 is 0. The molecule has 1 rings (SSSR count). The van der Waals surface area contributed by atoms with E-state index in [0.29, 0.717) is 12.4 Å². The van der Waals surface area contributed by atoms with Gasteiger partial charge in [-0.05, 0) is 47.1 Å². The summed E-state index contributed by atoms with van der Waals surface area (Å²) in [6.45, 7) is 12.1. The maximum absolute atomic E-state index is 12.2. The maximum atomic E-state index is 12.2. The SMILES string of the molecule is CC(C)(C)N=C(NC(=O)Cc1ccccc1)NC(C)(C)C. The molecule has 0 aromatic heterocycles. The lowest BCUT2D eigenvalue weighted by molar-refractivity contribution is -0.119. The van der Waals surface area contributed by atoms with E-state index in [0.717, 1.165) is 5.56 Å². The van der Waals surface area contributed by atoms with Crippen LogP contribution in [0.4, 0.5) is 0 Å². The van der Waals surface area contributed by atoms with Crippen molar-refractivity contribution >= 4 is 11.9 Å². The van der Waals surface area contributed by atoms with Crippen LogP contribution < -0.4 is 10.6 Å². The van der Waals surface area contributed by atoms with Crippen molar-refractivity contribution in [3.63, 3.8) is 0 Å². The van der Waals surface area contributed by atoms with Gasteiger partial charge in [0.15, 0.2) is 5.96 Å². The molecule has 0 heterocycles. The van der Waals surface area contributed by atoms with E-state index in [1.54, 1.807) is 0 Å². The standard InChI is InChI=1S/C17H27N3O/c1-16(2,3)19-15(20-17(4,5)6)18-14(21)12-13-10-8-7-9-11-13/h7-11H,12H2,1-6H3,(H2,18,19,20,21).